The first-order chi connectivity index (χ1) is 8.15. The number of benzene rings is 1. The van der Waals surface area contributed by atoms with E-state index in [1.165, 1.54) is 18.9 Å². The van der Waals surface area contributed by atoms with Crippen LogP contribution < -0.4 is 5.32 Å². The molecule has 1 aromatic rings. The second-order valence-corrected chi connectivity index (χ2v) is 5.46. The third-order valence-corrected chi connectivity index (χ3v) is 3.65. The van der Waals surface area contributed by atoms with Gasteiger partial charge in [0.05, 0.1) is 0 Å². The van der Waals surface area contributed by atoms with Crippen molar-refractivity contribution in [1.29, 1.82) is 0 Å². The maximum absolute atomic E-state index is 13.0. The fourth-order valence-corrected chi connectivity index (χ4v) is 2.31. The van der Waals surface area contributed by atoms with Crippen LogP contribution in [0, 0.1) is 17.7 Å². The van der Waals surface area contributed by atoms with Gasteiger partial charge in [0.25, 0.3) is 0 Å². The maximum atomic E-state index is 13.0. The van der Waals surface area contributed by atoms with E-state index in [2.05, 4.69) is 19.2 Å². The van der Waals surface area contributed by atoms with E-state index in [0.29, 0.717) is 6.04 Å². The Labute approximate surface area is 103 Å². The predicted molar refractivity (Wildman–Crippen MR) is 69.5 cm³/mol. The molecule has 94 valence electrons. The lowest BCUT2D eigenvalue weighted by Crippen LogP contribution is -2.32. The fraction of sp³-hybridized carbons (Fsp3) is 0.600. The fourth-order valence-electron chi connectivity index (χ4n) is 2.31. The monoisotopic (exact) mass is 235 g/mol. The van der Waals surface area contributed by atoms with Crippen molar-refractivity contribution in [3.05, 3.63) is 35.6 Å². The number of hydrogen-bond donors (Lipinski definition) is 1. The molecule has 2 rings (SSSR count). The number of hydrogen-bond acceptors (Lipinski definition) is 1. The first-order valence-electron chi connectivity index (χ1n) is 6.63. The van der Waals surface area contributed by atoms with Crippen molar-refractivity contribution in [2.45, 2.75) is 39.2 Å². The van der Waals surface area contributed by atoms with Crippen LogP contribution >= 0.6 is 0 Å². The molecule has 1 aliphatic rings. The Bertz CT molecular complexity index is 360. The summed E-state index contributed by atoms with van der Waals surface area (Å²) in [4.78, 5) is 0. The molecule has 2 atom stereocenters. The SMILES string of the molecule is CC(Cc1cccc(F)c1)NCC(C)C1CC1. The van der Waals surface area contributed by atoms with E-state index < -0.39 is 0 Å². The minimum Gasteiger partial charge on any atom is -0.314 e. The van der Waals surface area contributed by atoms with E-state index in [4.69, 9.17) is 0 Å². The minimum atomic E-state index is -0.138. The molecule has 1 N–H and O–H groups in total. The summed E-state index contributed by atoms with van der Waals surface area (Å²) in [5.74, 6) is 1.59. The van der Waals surface area contributed by atoms with Crippen LogP contribution in [0.4, 0.5) is 4.39 Å². The van der Waals surface area contributed by atoms with E-state index in [-0.39, 0.29) is 5.82 Å². The molecule has 1 saturated carbocycles. The van der Waals surface area contributed by atoms with Crippen molar-refractivity contribution in [2.24, 2.45) is 11.8 Å². The lowest BCUT2D eigenvalue weighted by atomic mass is 10.0. The molecule has 1 nitrogen and oxygen atoms in total. The van der Waals surface area contributed by atoms with Crippen LogP contribution in [0.2, 0.25) is 0 Å². The molecular formula is C15H22FN. The molecular weight excluding hydrogens is 213 g/mol. The first-order valence-corrected chi connectivity index (χ1v) is 6.63. The Balaban J connectivity index is 1.74. The highest BCUT2D eigenvalue weighted by Crippen LogP contribution is 2.36. The Morgan fingerprint density at radius 2 is 2.12 bits per heavy atom. The van der Waals surface area contributed by atoms with Gasteiger partial charge in [-0.1, -0.05) is 19.1 Å². The Kier molecular flexibility index (Phi) is 4.16. The highest BCUT2D eigenvalue weighted by Gasteiger charge is 2.27. The topological polar surface area (TPSA) is 12.0 Å². The van der Waals surface area contributed by atoms with Crippen molar-refractivity contribution in [1.82, 2.24) is 5.32 Å². The molecule has 0 aliphatic heterocycles. The van der Waals surface area contributed by atoms with Crippen molar-refractivity contribution < 1.29 is 4.39 Å². The van der Waals surface area contributed by atoms with Crippen molar-refractivity contribution in [3.63, 3.8) is 0 Å². The van der Waals surface area contributed by atoms with Gasteiger partial charge in [-0.25, -0.2) is 4.39 Å². The molecule has 0 radical (unpaired) electrons. The second-order valence-electron chi connectivity index (χ2n) is 5.46. The quantitative estimate of drug-likeness (QED) is 0.797. The van der Waals surface area contributed by atoms with Gasteiger partial charge >= 0.3 is 0 Å². The van der Waals surface area contributed by atoms with Crippen LogP contribution in [0.25, 0.3) is 0 Å². The third-order valence-electron chi connectivity index (χ3n) is 3.65. The lowest BCUT2D eigenvalue weighted by Gasteiger charge is -2.17. The maximum Gasteiger partial charge on any atom is 0.123 e. The van der Waals surface area contributed by atoms with E-state index in [9.17, 15) is 4.39 Å². The summed E-state index contributed by atoms with van der Waals surface area (Å²) in [7, 11) is 0. The van der Waals surface area contributed by atoms with Gasteiger partial charge < -0.3 is 5.32 Å². The molecule has 0 amide bonds. The first kappa shape index (κ1) is 12.6. The van der Waals surface area contributed by atoms with E-state index in [1.54, 1.807) is 12.1 Å². The van der Waals surface area contributed by atoms with Gasteiger partial charge in [-0.15, -0.1) is 0 Å². The van der Waals surface area contributed by atoms with E-state index in [1.807, 2.05) is 6.07 Å². The summed E-state index contributed by atoms with van der Waals surface area (Å²) >= 11 is 0. The Morgan fingerprint density at radius 1 is 1.35 bits per heavy atom. The van der Waals surface area contributed by atoms with Crippen LogP contribution in [-0.4, -0.2) is 12.6 Å². The van der Waals surface area contributed by atoms with Crippen LogP contribution in [0.15, 0.2) is 24.3 Å². The van der Waals surface area contributed by atoms with Gasteiger partial charge in [-0.2, -0.15) is 0 Å². The zero-order chi connectivity index (χ0) is 12.3. The summed E-state index contributed by atoms with van der Waals surface area (Å²) in [5, 5.41) is 3.55. The molecule has 1 aliphatic carbocycles. The predicted octanol–water partition coefficient (Wildman–Crippen LogP) is 3.39. The van der Waals surface area contributed by atoms with Gasteiger partial charge in [0, 0.05) is 6.04 Å². The summed E-state index contributed by atoms with van der Waals surface area (Å²) in [6, 6.07) is 7.31. The molecule has 1 aromatic carbocycles. The summed E-state index contributed by atoms with van der Waals surface area (Å²) < 4.78 is 13.0. The minimum absolute atomic E-state index is 0.138. The molecule has 0 bridgehead atoms. The van der Waals surface area contributed by atoms with Crippen molar-refractivity contribution >= 4 is 0 Å². The zero-order valence-electron chi connectivity index (χ0n) is 10.7. The Hall–Kier alpha value is -0.890. The number of nitrogens with one attached hydrogen (secondary N) is 1. The average molecular weight is 235 g/mol. The van der Waals surface area contributed by atoms with Gasteiger partial charge in [-0.05, 0) is 62.3 Å². The van der Waals surface area contributed by atoms with Crippen LogP contribution in [0.5, 0.6) is 0 Å². The third kappa shape index (κ3) is 4.12. The largest absolute Gasteiger partial charge is 0.314 e. The van der Waals surface area contributed by atoms with Crippen molar-refractivity contribution in [2.75, 3.05) is 6.54 Å². The highest BCUT2D eigenvalue weighted by molar-refractivity contribution is 5.17. The number of rotatable bonds is 6. The normalized spacial score (nSPS) is 19.0. The molecule has 17 heavy (non-hydrogen) atoms. The molecule has 0 heterocycles. The van der Waals surface area contributed by atoms with Gasteiger partial charge in [0.1, 0.15) is 5.82 Å². The number of halogens is 1. The summed E-state index contributed by atoms with van der Waals surface area (Å²) in [6.07, 6.45) is 3.71. The molecule has 0 aromatic heterocycles. The zero-order valence-corrected chi connectivity index (χ0v) is 10.7. The van der Waals surface area contributed by atoms with Gasteiger partial charge in [0.15, 0.2) is 0 Å². The second kappa shape index (κ2) is 5.63. The Morgan fingerprint density at radius 3 is 2.76 bits per heavy atom. The van der Waals surface area contributed by atoms with Crippen LogP contribution in [0.3, 0.4) is 0 Å². The molecule has 2 heteroatoms. The van der Waals surface area contributed by atoms with Gasteiger partial charge in [0.2, 0.25) is 0 Å². The van der Waals surface area contributed by atoms with Gasteiger partial charge in [-0.3, -0.25) is 0 Å². The smallest absolute Gasteiger partial charge is 0.123 e. The van der Waals surface area contributed by atoms with Crippen molar-refractivity contribution in [3.8, 4) is 0 Å². The molecule has 1 fully saturated rings. The van der Waals surface area contributed by atoms with E-state index in [0.717, 1.165) is 30.4 Å². The highest BCUT2D eigenvalue weighted by atomic mass is 19.1. The van der Waals surface area contributed by atoms with Crippen LogP contribution in [-0.2, 0) is 6.42 Å². The van der Waals surface area contributed by atoms with Crippen LogP contribution in [0.1, 0.15) is 32.3 Å². The standard InChI is InChI=1S/C15H22FN/c1-11(14-6-7-14)10-17-12(2)8-13-4-3-5-15(16)9-13/h3-5,9,11-12,14,17H,6-8,10H2,1-2H3. The average Bonchev–Trinajstić information content (AvgIpc) is 3.09. The molecule has 2 unspecified atom stereocenters. The molecule has 0 spiro atoms. The summed E-state index contributed by atoms with van der Waals surface area (Å²) in [6.45, 7) is 5.57. The molecule has 0 saturated heterocycles. The summed E-state index contributed by atoms with van der Waals surface area (Å²) in [5.41, 5.74) is 1.07. The lowest BCUT2D eigenvalue weighted by molar-refractivity contribution is 0.425. The van der Waals surface area contributed by atoms with E-state index >= 15 is 0 Å².